The maximum Gasteiger partial charge on any atom is 0.228 e. The van der Waals surface area contributed by atoms with Gasteiger partial charge in [0.2, 0.25) is 5.91 Å². The summed E-state index contributed by atoms with van der Waals surface area (Å²) >= 11 is 0. The van der Waals surface area contributed by atoms with Crippen molar-refractivity contribution in [1.82, 2.24) is 25.0 Å². The summed E-state index contributed by atoms with van der Waals surface area (Å²) in [5, 5.41) is 11.9. The summed E-state index contributed by atoms with van der Waals surface area (Å²) in [6.45, 7) is 4.41. The Morgan fingerprint density at radius 1 is 1.32 bits per heavy atom. The van der Waals surface area contributed by atoms with E-state index >= 15 is 0 Å². The van der Waals surface area contributed by atoms with Crippen LogP contribution in [-0.2, 0) is 29.0 Å². The summed E-state index contributed by atoms with van der Waals surface area (Å²) in [7, 11) is 1.89. The molecule has 0 bridgehead atoms. The molecule has 7 heteroatoms. The number of nitrogens with one attached hydrogen (secondary N) is 1. The first kappa shape index (κ1) is 17.0. The van der Waals surface area contributed by atoms with Gasteiger partial charge in [0.1, 0.15) is 5.82 Å². The lowest BCUT2D eigenvalue weighted by Gasteiger charge is -2.28. The average molecular weight is 347 g/mol. The van der Waals surface area contributed by atoms with Gasteiger partial charge in [-0.1, -0.05) is 0 Å². The standard InChI is InChI=1S/C18H29N5O2/c1-22(12-17-21-20-16-3-2-9-23(16)17)18(24)14-6-10-25-15(14)11-13-4-7-19-8-5-13/h13-15,19H,2-12H2,1H3/t14-,15-/m1/s1. The molecule has 0 unspecified atom stereocenters. The molecule has 0 spiro atoms. The van der Waals surface area contributed by atoms with E-state index in [-0.39, 0.29) is 17.9 Å². The molecule has 3 aliphatic heterocycles. The van der Waals surface area contributed by atoms with Crippen molar-refractivity contribution in [2.45, 2.75) is 57.7 Å². The van der Waals surface area contributed by atoms with E-state index in [1.807, 2.05) is 11.9 Å². The van der Waals surface area contributed by atoms with Gasteiger partial charge in [-0.05, 0) is 51.1 Å². The van der Waals surface area contributed by atoms with E-state index in [1.54, 1.807) is 0 Å². The van der Waals surface area contributed by atoms with Gasteiger partial charge in [-0.15, -0.1) is 10.2 Å². The molecule has 0 saturated carbocycles. The highest BCUT2D eigenvalue weighted by Gasteiger charge is 2.37. The van der Waals surface area contributed by atoms with Gasteiger partial charge in [0, 0.05) is 26.6 Å². The predicted octanol–water partition coefficient (Wildman–Crippen LogP) is 0.978. The summed E-state index contributed by atoms with van der Waals surface area (Å²) in [6, 6.07) is 0. The van der Waals surface area contributed by atoms with E-state index in [0.29, 0.717) is 19.1 Å². The Morgan fingerprint density at radius 2 is 2.16 bits per heavy atom. The molecule has 4 rings (SSSR count). The number of aryl methyl sites for hydroxylation is 1. The SMILES string of the molecule is CN(Cc1nnc2n1CCC2)C(=O)[C@@H]1CCO[C@@H]1CC1CCNCC1. The Morgan fingerprint density at radius 3 is 3.00 bits per heavy atom. The lowest BCUT2D eigenvalue weighted by atomic mass is 9.87. The van der Waals surface area contributed by atoms with Crippen LogP contribution in [0.4, 0.5) is 0 Å². The number of rotatable bonds is 5. The van der Waals surface area contributed by atoms with E-state index in [2.05, 4.69) is 20.1 Å². The molecular weight excluding hydrogens is 318 g/mol. The number of ether oxygens (including phenoxy) is 1. The first-order valence-corrected chi connectivity index (χ1v) is 9.70. The number of piperidine rings is 1. The normalized spacial score (nSPS) is 26.8. The second kappa shape index (κ2) is 7.41. The molecule has 25 heavy (non-hydrogen) atoms. The molecule has 0 aliphatic carbocycles. The summed E-state index contributed by atoms with van der Waals surface area (Å²) < 4.78 is 8.12. The first-order valence-electron chi connectivity index (χ1n) is 9.70. The van der Waals surface area contributed by atoms with Crippen LogP contribution in [-0.4, -0.2) is 58.4 Å². The number of carbonyl (C=O) groups is 1. The Kier molecular flexibility index (Phi) is 5.03. The quantitative estimate of drug-likeness (QED) is 0.860. The maximum absolute atomic E-state index is 13.0. The molecule has 2 saturated heterocycles. The minimum atomic E-state index is 0.000792. The number of carbonyl (C=O) groups excluding carboxylic acids is 1. The monoisotopic (exact) mass is 347 g/mol. The average Bonchev–Trinajstić information content (AvgIpc) is 3.34. The van der Waals surface area contributed by atoms with Crippen LogP contribution in [0.1, 0.15) is 43.8 Å². The van der Waals surface area contributed by atoms with Crippen molar-refractivity contribution in [1.29, 1.82) is 0 Å². The molecule has 0 aromatic carbocycles. The molecule has 2 fully saturated rings. The highest BCUT2D eigenvalue weighted by atomic mass is 16.5. The number of hydrogen-bond donors (Lipinski definition) is 1. The summed E-state index contributed by atoms with van der Waals surface area (Å²) in [5.74, 6) is 2.86. The lowest BCUT2D eigenvalue weighted by molar-refractivity contribution is -0.137. The zero-order valence-electron chi connectivity index (χ0n) is 15.1. The second-order valence-corrected chi connectivity index (χ2v) is 7.72. The second-order valence-electron chi connectivity index (χ2n) is 7.72. The van der Waals surface area contributed by atoms with Crippen molar-refractivity contribution in [3.8, 4) is 0 Å². The highest BCUT2D eigenvalue weighted by Crippen LogP contribution is 2.31. The molecule has 1 amide bonds. The van der Waals surface area contributed by atoms with Crippen LogP contribution < -0.4 is 5.32 Å². The number of hydrogen-bond acceptors (Lipinski definition) is 5. The van der Waals surface area contributed by atoms with Gasteiger partial charge < -0.3 is 19.5 Å². The van der Waals surface area contributed by atoms with Crippen molar-refractivity contribution in [3.05, 3.63) is 11.6 Å². The topological polar surface area (TPSA) is 72.3 Å². The number of aromatic nitrogens is 3. The molecule has 0 radical (unpaired) electrons. The zero-order valence-corrected chi connectivity index (χ0v) is 15.1. The number of amides is 1. The zero-order chi connectivity index (χ0) is 17.2. The molecule has 1 aromatic heterocycles. The van der Waals surface area contributed by atoms with Gasteiger partial charge in [-0.25, -0.2) is 0 Å². The third-order valence-corrected chi connectivity index (χ3v) is 5.99. The third-order valence-electron chi connectivity index (χ3n) is 5.99. The fourth-order valence-electron chi connectivity index (χ4n) is 4.51. The fraction of sp³-hybridized carbons (Fsp3) is 0.833. The third kappa shape index (κ3) is 3.58. The molecule has 4 heterocycles. The van der Waals surface area contributed by atoms with Crippen LogP contribution in [0.5, 0.6) is 0 Å². The van der Waals surface area contributed by atoms with E-state index in [1.165, 1.54) is 12.8 Å². The van der Waals surface area contributed by atoms with Crippen molar-refractivity contribution >= 4 is 5.91 Å². The van der Waals surface area contributed by atoms with Crippen LogP contribution in [0.25, 0.3) is 0 Å². The molecule has 1 aromatic rings. The first-order chi connectivity index (χ1) is 12.2. The Balaban J connectivity index is 1.36. The molecule has 138 valence electrons. The van der Waals surface area contributed by atoms with Gasteiger partial charge in [0.25, 0.3) is 0 Å². The summed E-state index contributed by atoms with van der Waals surface area (Å²) in [4.78, 5) is 14.8. The van der Waals surface area contributed by atoms with Crippen molar-refractivity contribution in [2.75, 3.05) is 26.7 Å². The van der Waals surface area contributed by atoms with Gasteiger partial charge in [-0.3, -0.25) is 4.79 Å². The summed E-state index contributed by atoms with van der Waals surface area (Å²) in [5.41, 5.74) is 0. The van der Waals surface area contributed by atoms with Crippen LogP contribution in [0.3, 0.4) is 0 Å². The molecule has 1 N–H and O–H groups in total. The molecule has 3 aliphatic rings. The van der Waals surface area contributed by atoms with Crippen molar-refractivity contribution in [2.24, 2.45) is 11.8 Å². The molecular formula is C18H29N5O2. The Bertz CT molecular complexity index is 611. The number of nitrogens with zero attached hydrogens (tertiary/aromatic N) is 4. The highest BCUT2D eigenvalue weighted by molar-refractivity contribution is 5.79. The van der Waals surface area contributed by atoms with Crippen LogP contribution >= 0.6 is 0 Å². The van der Waals surface area contributed by atoms with E-state index < -0.39 is 0 Å². The van der Waals surface area contributed by atoms with Gasteiger partial charge in [-0.2, -0.15) is 0 Å². The van der Waals surface area contributed by atoms with E-state index in [9.17, 15) is 4.79 Å². The van der Waals surface area contributed by atoms with Gasteiger partial charge >= 0.3 is 0 Å². The number of fused-ring (bicyclic) bond motifs is 1. The van der Waals surface area contributed by atoms with E-state index in [4.69, 9.17) is 4.74 Å². The fourth-order valence-corrected chi connectivity index (χ4v) is 4.51. The predicted molar refractivity (Wildman–Crippen MR) is 92.9 cm³/mol. The lowest BCUT2D eigenvalue weighted by Crippen LogP contribution is -2.38. The van der Waals surface area contributed by atoms with Gasteiger partial charge in [0.05, 0.1) is 18.6 Å². The van der Waals surface area contributed by atoms with Crippen LogP contribution in [0.2, 0.25) is 0 Å². The Hall–Kier alpha value is -1.47. The minimum absolute atomic E-state index is 0.000792. The van der Waals surface area contributed by atoms with Crippen molar-refractivity contribution in [3.63, 3.8) is 0 Å². The Labute approximate surface area is 149 Å². The van der Waals surface area contributed by atoms with Crippen LogP contribution in [0, 0.1) is 11.8 Å². The minimum Gasteiger partial charge on any atom is -0.377 e. The smallest absolute Gasteiger partial charge is 0.228 e. The van der Waals surface area contributed by atoms with Crippen LogP contribution in [0.15, 0.2) is 0 Å². The largest absolute Gasteiger partial charge is 0.377 e. The molecule has 2 atom stereocenters. The van der Waals surface area contributed by atoms with E-state index in [0.717, 1.165) is 57.0 Å². The maximum atomic E-state index is 13.0. The summed E-state index contributed by atoms with van der Waals surface area (Å²) in [6.07, 6.45) is 6.47. The molecule has 7 nitrogen and oxygen atoms in total. The van der Waals surface area contributed by atoms with Gasteiger partial charge in [0.15, 0.2) is 5.82 Å². The van der Waals surface area contributed by atoms with Crippen molar-refractivity contribution < 1.29 is 9.53 Å².